The van der Waals surface area contributed by atoms with Crippen molar-refractivity contribution in [2.24, 2.45) is 0 Å². The SMILES string of the molecule is Cc1cc(C)cc(N(CCC#N)C(=O)CSc2nnc(C3CC3)n2Cc2ccccc2)c1. The first-order chi connectivity index (χ1) is 15.5. The van der Waals surface area contributed by atoms with Crippen molar-refractivity contribution in [1.29, 1.82) is 5.26 Å². The van der Waals surface area contributed by atoms with E-state index in [1.165, 1.54) is 17.3 Å². The van der Waals surface area contributed by atoms with Gasteiger partial charge < -0.3 is 9.47 Å². The molecule has 32 heavy (non-hydrogen) atoms. The number of carbonyl (C=O) groups excluding carboxylic acids is 1. The molecule has 0 bridgehead atoms. The minimum atomic E-state index is -0.0301. The molecule has 0 unspecified atom stereocenters. The molecule has 0 atom stereocenters. The highest BCUT2D eigenvalue weighted by atomic mass is 32.2. The Balaban J connectivity index is 1.52. The van der Waals surface area contributed by atoms with E-state index in [-0.39, 0.29) is 11.7 Å². The van der Waals surface area contributed by atoms with E-state index in [1.54, 1.807) is 4.90 Å². The molecule has 7 heteroatoms. The average Bonchev–Trinajstić information content (AvgIpc) is 3.54. The lowest BCUT2D eigenvalue weighted by molar-refractivity contribution is -0.116. The summed E-state index contributed by atoms with van der Waals surface area (Å²) >= 11 is 1.42. The average molecular weight is 446 g/mol. The summed E-state index contributed by atoms with van der Waals surface area (Å²) in [7, 11) is 0. The molecule has 0 N–H and O–H groups in total. The Bertz CT molecular complexity index is 1110. The lowest BCUT2D eigenvalue weighted by atomic mass is 10.1. The highest BCUT2D eigenvalue weighted by Crippen LogP contribution is 2.40. The maximum atomic E-state index is 13.2. The molecule has 1 fully saturated rings. The molecule has 0 radical (unpaired) electrons. The van der Waals surface area contributed by atoms with Crippen LogP contribution < -0.4 is 4.90 Å². The molecule has 1 heterocycles. The summed E-state index contributed by atoms with van der Waals surface area (Å²) in [5.74, 6) is 1.70. The lowest BCUT2D eigenvalue weighted by Gasteiger charge is -2.22. The van der Waals surface area contributed by atoms with Crippen LogP contribution >= 0.6 is 11.8 Å². The van der Waals surface area contributed by atoms with E-state index in [0.29, 0.717) is 25.4 Å². The van der Waals surface area contributed by atoms with Crippen LogP contribution in [0.25, 0.3) is 0 Å². The number of amides is 1. The van der Waals surface area contributed by atoms with Crippen LogP contribution in [0.1, 0.15) is 47.7 Å². The van der Waals surface area contributed by atoms with Crippen molar-refractivity contribution in [1.82, 2.24) is 14.8 Å². The Hall–Kier alpha value is -3.11. The van der Waals surface area contributed by atoms with Crippen LogP contribution in [0.5, 0.6) is 0 Å². The number of benzene rings is 2. The van der Waals surface area contributed by atoms with Crippen molar-refractivity contribution in [2.45, 2.75) is 50.7 Å². The fraction of sp³-hybridized carbons (Fsp3) is 0.360. The van der Waals surface area contributed by atoms with Crippen molar-refractivity contribution < 1.29 is 4.79 Å². The first kappa shape index (κ1) is 22.1. The predicted octanol–water partition coefficient (Wildman–Crippen LogP) is 4.86. The minimum absolute atomic E-state index is 0.0301. The van der Waals surface area contributed by atoms with Crippen LogP contribution in [0.4, 0.5) is 5.69 Å². The summed E-state index contributed by atoms with van der Waals surface area (Å²) in [4.78, 5) is 14.9. The van der Waals surface area contributed by atoms with Crippen LogP contribution in [0.3, 0.4) is 0 Å². The predicted molar refractivity (Wildman–Crippen MR) is 127 cm³/mol. The van der Waals surface area contributed by atoms with Crippen LogP contribution in [0.15, 0.2) is 53.7 Å². The van der Waals surface area contributed by atoms with Crippen molar-refractivity contribution in [2.75, 3.05) is 17.2 Å². The van der Waals surface area contributed by atoms with E-state index in [4.69, 9.17) is 5.26 Å². The molecule has 6 nitrogen and oxygen atoms in total. The number of aryl methyl sites for hydroxylation is 2. The Morgan fingerprint density at radius 1 is 1.16 bits per heavy atom. The number of aromatic nitrogens is 3. The Kier molecular flexibility index (Phi) is 6.91. The molecule has 4 rings (SSSR count). The van der Waals surface area contributed by atoms with Crippen molar-refractivity contribution in [3.05, 3.63) is 71.0 Å². The van der Waals surface area contributed by atoms with Gasteiger partial charge in [-0.25, -0.2) is 0 Å². The molecule has 0 aliphatic heterocycles. The quantitative estimate of drug-likeness (QED) is 0.440. The van der Waals surface area contributed by atoms with Gasteiger partial charge >= 0.3 is 0 Å². The molecule has 164 valence electrons. The highest BCUT2D eigenvalue weighted by molar-refractivity contribution is 7.99. The number of hydrogen-bond donors (Lipinski definition) is 0. The molecule has 1 saturated carbocycles. The number of anilines is 1. The standard InChI is InChI=1S/C25H27N5OS/c1-18-13-19(2)15-22(14-18)29(12-6-11-26)23(31)17-32-25-28-27-24(21-9-10-21)30(25)16-20-7-4-3-5-8-20/h3-5,7-8,13-15,21H,6,9-10,12,16-17H2,1-2H3. The van der Waals surface area contributed by atoms with E-state index in [2.05, 4.69) is 39.0 Å². The molecule has 1 aliphatic carbocycles. The topological polar surface area (TPSA) is 74.8 Å². The summed E-state index contributed by atoms with van der Waals surface area (Å²) in [6, 6.07) is 18.5. The Morgan fingerprint density at radius 3 is 2.53 bits per heavy atom. The number of nitrogens with zero attached hydrogens (tertiary/aromatic N) is 5. The molecule has 0 spiro atoms. The van der Waals surface area contributed by atoms with Gasteiger partial charge in [-0.05, 0) is 55.5 Å². The number of nitriles is 1. The summed E-state index contributed by atoms with van der Waals surface area (Å²) in [5, 5.41) is 18.7. The normalized spacial score (nSPS) is 13.0. The van der Waals surface area contributed by atoms with Crippen molar-refractivity contribution in [3.8, 4) is 6.07 Å². The lowest BCUT2D eigenvalue weighted by Crippen LogP contribution is -2.33. The molecule has 1 aliphatic rings. The molecule has 3 aromatic rings. The number of thioether (sulfide) groups is 1. The van der Waals surface area contributed by atoms with E-state index < -0.39 is 0 Å². The maximum absolute atomic E-state index is 13.2. The van der Waals surface area contributed by atoms with Gasteiger partial charge in [-0.2, -0.15) is 5.26 Å². The minimum Gasteiger partial charge on any atom is -0.311 e. The van der Waals surface area contributed by atoms with Gasteiger partial charge in [-0.3, -0.25) is 4.79 Å². The second-order valence-electron chi connectivity index (χ2n) is 8.27. The first-order valence-electron chi connectivity index (χ1n) is 10.9. The van der Waals surface area contributed by atoms with Gasteiger partial charge in [0, 0.05) is 18.2 Å². The van der Waals surface area contributed by atoms with E-state index in [1.807, 2.05) is 44.2 Å². The smallest absolute Gasteiger partial charge is 0.237 e. The van der Waals surface area contributed by atoms with Crippen LogP contribution in [0, 0.1) is 25.2 Å². The molecule has 0 saturated heterocycles. The zero-order chi connectivity index (χ0) is 22.5. The fourth-order valence-electron chi connectivity index (χ4n) is 3.84. The second-order valence-corrected chi connectivity index (χ2v) is 9.22. The van der Waals surface area contributed by atoms with Crippen LogP contribution in [0.2, 0.25) is 0 Å². The van der Waals surface area contributed by atoms with Crippen LogP contribution in [-0.2, 0) is 11.3 Å². The zero-order valence-corrected chi connectivity index (χ0v) is 19.3. The molecule has 1 amide bonds. The summed E-state index contributed by atoms with van der Waals surface area (Å²) in [5.41, 5.74) is 4.22. The Morgan fingerprint density at radius 2 is 1.88 bits per heavy atom. The monoisotopic (exact) mass is 445 g/mol. The largest absolute Gasteiger partial charge is 0.311 e. The van der Waals surface area contributed by atoms with Gasteiger partial charge in [0.25, 0.3) is 0 Å². The summed E-state index contributed by atoms with van der Waals surface area (Å²) in [6.07, 6.45) is 2.58. The molecule has 1 aromatic heterocycles. The molecular formula is C25H27N5OS. The third-order valence-electron chi connectivity index (χ3n) is 5.46. The fourth-order valence-corrected chi connectivity index (χ4v) is 4.66. The van der Waals surface area contributed by atoms with Crippen molar-refractivity contribution >= 4 is 23.4 Å². The van der Waals surface area contributed by atoms with Gasteiger partial charge in [-0.15, -0.1) is 10.2 Å². The van der Waals surface area contributed by atoms with Gasteiger partial charge in [0.1, 0.15) is 5.82 Å². The Labute approximate surface area is 193 Å². The van der Waals surface area contributed by atoms with E-state index >= 15 is 0 Å². The zero-order valence-electron chi connectivity index (χ0n) is 18.5. The highest BCUT2D eigenvalue weighted by Gasteiger charge is 2.30. The molecular weight excluding hydrogens is 418 g/mol. The third kappa shape index (κ3) is 5.38. The third-order valence-corrected chi connectivity index (χ3v) is 6.41. The van der Waals surface area contributed by atoms with E-state index in [0.717, 1.165) is 40.6 Å². The van der Waals surface area contributed by atoms with E-state index in [9.17, 15) is 4.79 Å². The summed E-state index contributed by atoms with van der Waals surface area (Å²) < 4.78 is 2.15. The number of rotatable bonds is 9. The van der Waals surface area contributed by atoms with Gasteiger partial charge in [0.15, 0.2) is 5.16 Å². The van der Waals surface area contributed by atoms with Gasteiger partial charge in [-0.1, -0.05) is 48.2 Å². The summed E-state index contributed by atoms with van der Waals surface area (Å²) in [6.45, 7) is 5.11. The number of hydrogen-bond acceptors (Lipinski definition) is 5. The van der Waals surface area contributed by atoms with Crippen LogP contribution in [-0.4, -0.2) is 33.0 Å². The van der Waals surface area contributed by atoms with Gasteiger partial charge in [0.05, 0.1) is 24.8 Å². The van der Waals surface area contributed by atoms with Crippen molar-refractivity contribution in [3.63, 3.8) is 0 Å². The second kappa shape index (κ2) is 10.0. The van der Waals surface area contributed by atoms with Gasteiger partial charge in [0.2, 0.25) is 5.91 Å². The first-order valence-corrected chi connectivity index (χ1v) is 11.9. The number of carbonyl (C=O) groups is 1. The maximum Gasteiger partial charge on any atom is 0.237 e. The molecule has 2 aromatic carbocycles.